The molecule has 1 atom stereocenters. The molecular formula is C12H17F3N4. The predicted molar refractivity (Wildman–Crippen MR) is 63.4 cm³/mol. The van der Waals surface area contributed by atoms with E-state index in [1.54, 1.807) is 0 Å². The van der Waals surface area contributed by atoms with Gasteiger partial charge < -0.3 is 5.32 Å². The summed E-state index contributed by atoms with van der Waals surface area (Å²) in [7, 11) is 0. The molecule has 4 nitrogen and oxygen atoms in total. The number of likely N-dealkylation sites (tertiary alicyclic amines) is 1. The van der Waals surface area contributed by atoms with Crippen LogP contribution >= 0.6 is 0 Å². The quantitative estimate of drug-likeness (QED) is 0.861. The van der Waals surface area contributed by atoms with Crippen molar-refractivity contribution in [3.05, 3.63) is 17.5 Å². The summed E-state index contributed by atoms with van der Waals surface area (Å²) in [5, 5.41) is 9.19. The monoisotopic (exact) mass is 274 g/mol. The third kappa shape index (κ3) is 2.62. The number of hydrogen-bond donors (Lipinski definition) is 2. The molecule has 3 rings (SSSR count). The van der Waals surface area contributed by atoms with Crippen molar-refractivity contribution in [2.45, 2.75) is 25.6 Å². The number of aromatic amines is 1. The first-order valence-corrected chi connectivity index (χ1v) is 6.52. The molecule has 2 saturated heterocycles. The van der Waals surface area contributed by atoms with Crippen LogP contribution in [0.25, 0.3) is 0 Å². The molecule has 2 aliphatic heterocycles. The molecule has 2 fully saturated rings. The van der Waals surface area contributed by atoms with Gasteiger partial charge in [0.05, 0.1) is 0 Å². The first kappa shape index (κ1) is 12.9. The summed E-state index contributed by atoms with van der Waals surface area (Å²) in [5.41, 5.74) is 0.0432. The first-order valence-electron chi connectivity index (χ1n) is 6.52. The lowest BCUT2D eigenvalue weighted by atomic mass is 9.87. The van der Waals surface area contributed by atoms with Crippen LogP contribution in [0, 0.1) is 5.41 Å². The second-order valence-corrected chi connectivity index (χ2v) is 5.66. The van der Waals surface area contributed by atoms with E-state index in [2.05, 4.69) is 20.4 Å². The molecule has 19 heavy (non-hydrogen) atoms. The number of nitrogens with zero attached hydrogens (tertiary/aromatic N) is 2. The SMILES string of the molecule is FC(F)(F)c1cc(CN2CCC3(CCNC3)C2)[nH]n1. The second-order valence-electron chi connectivity index (χ2n) is 5.66. The lowest BCUT2D eigenvalue weighted by molar-refractivity contribution is -0.141. The van der Waals surface area contributed by atoms with Crippen molar-refractivity contribution in [3.8, 4) is 0 Å². The maximum Gasteiger partial charge on any atom is 0.435 e. The van der Waals surface area contributed by atoms with E-state index in [4.69, 9.17) is 0 Å². The van der Waals surface area contributed by atoms with Crippen LogP contribution in [-0.2, 0) is 12.7 Å². The fourth-order valence-corrected chi connectivity index (χ4v) is 3.14. The number of nitrogens with one attached hydrogen (secondary N) is 2. The Morgan fingerprint density at radius 3 is 2.84 bits per heavy atom. The van der Waals surface area contributed by atoms with E-state index in [0.717, 1.165) is 38.7 Å². The number of H-pyrrole nitrogens is 1. The third-order valence-electron chi connectivity index (χ3n) is 4.16. The average Bonchev–Trinajstić information content (AvgIpc) is 3.01. The average molecular weight is 274 g/mol. The van der Waals surface area contributed by atoms with Crippen molar-refractivity contribution < 1.29 is 13.2 Å². The molecule has 0 aromatic carbocycles. The van der Waals surface area contributed by atoms with Gasteiger partial charge in [-0.1, -0.05) is 0 Å². The summed E-state index contributed by atoms with van der Waals surface area (Å²) < 4.78 is 37.4. The Bertz CT molecular complexity index is 448. The third-order valence-corrected chi connectivity index (χ3v) is 4.16. The minimum absolute atomic E-state index is 0.340. The largest absolute Gasteiger partial charge is 0.435 e. The molecule has 2 aliphatic rings. The standard InChI is InChI=1S/C12H17F3N4/c13-12(14,15)10-5-9(17-18-10)6-19-4-2-11(8-19)1-3-16-7-11/h5,16H,1-4,6-8H2,(H,17,18). The van der Waals surface area contributed by atoms with Gasteiger partial charge in [-0.15, -0.1) is 0 Å². The van der Waals surface area contributed by atoms with Crippen molar-refractivity contribution in [2.75, 3.05) is 26.2 Å². The summed E-state index contributed by atoms with van der Waals surface area (Å²) >= 11 is 0. The van der Waals surface area contributed by atoms with Crippen LogP contribution in [0.15, 0.2) is 6.07 Å². The Labute approximate surface area is 109 Å². The van der Waals surface area contributed by atoms with Gasteiger partial charge in [-0.3, -0.25) is 10.00 Å². The van der Waals surface area contributed by atoms with Crippen LogP contribution in [0.1, 0.15) is 24.2 Å². The molecule has 0 saturated carbocycles. The summed E-state index contributed by atoms with van der Waals surface area (Å²) in [6.07, 6.45) is -2.07. The van der Waals surface area contributed by atoms with E-state index in [0.29, 0.717) is 17.7 Å². The van der Waals surface area contributed by atoms with Gasteiger partial charge in [0.2, 0.25) is 0 Å². The molecule has 0 radical (unpaired) electrons. The van der Waals surface area contributed by atoms with E-state index < -0.39 is 11.9 Å². The minimum Gasteiger partial charge on any atom is -0.316 e. The highest BCUT2D eigenvalue weighted by molar-refractivity contribution is 5.12. The molecule has 0 aliphatic carbocycles. The van der Waals surface area contributed by atoms with Gasteiger partial charge in [-0.25, -0.2) is 0 Å². The molecule has 1 unspecified atom stereocenters. The summed E-state index contributed by atoms with van der Waals surface area (Å²) in [6, 6.07) is 1.11. The van der Waals surface area contributed by atoms with Gasteiger partial charge in [0.15, 0.2) is 5.69 Å². The fourth-order valence-electron chi connectivity index (χ4n) is 3.14. The van der Waals surface area contributed by atoms with Crippen molar-refractivity contribution in [2.24, 2.45) is 5.41 Å². The lowest BCUT2D eigenvalue weighted by Crippen LogP contribution is -2.29. The van der Waals surface area contributed by atoms with Crippen LogP contribution in [-0.4, -0.2) is 41.3 Å². The fraction of sp³-hybridized carbons (Fsp3) is 0.750. The van der Waals surface area contributed by atoms with Crippen LogP contribution in [0.4, 0.5) is 13.2 Å². The molecule has 7 heteroatoms. The number of aromatic nitrogens is 2. The lowest BCUT2D eigenvalue weighted by Gasteiger charge is -2.22. The van der Waals surface area contributed by atoms with Gasteiger partial charge in [0.1, 0.15) is 0 Å². The highest BCUT2D eigenvalue weighted by Gasteiger charge is 2.40. The van der Waals surface area contributed by atoms with Crippen LogP contribution in [0.2, 0.25) is 0 Å². The molecule has 3 heterocycles. The van der Waals surface area contributed by atoms with Crippen molar-refractivity contribution in [1.82, 2.24) is 20.4 Å². The normalized spacial score (nSPS) is 28.6. The first-order chi connectivity index (χ1) is 8.97. The number of rotatable bonds is 2. The molecule has 0 amide bonds. The number of halogens is 3. The zero-order chi connectivity index (χ0) is 13.5. The maximum absolute atomic E-state index is 12.5. The molecule has 106 valence electrons. The van der Waals surface area contributed by atoms with E-state index in [1.165, 1.54) is 6.42 Å². The Balaban J connectivity index is 1.62. The number of alkyl halides is 3. The van der Waals surface area contributed by atoms with E-state index in [9.17, 15) is 13.2 Å². The molecule has 0 bridgehead atoms. The van der Waals surface area contributed by atoms with Crippen LogP contribution in [0.5, 0.6) is 0 Å². The summed E-state index contributed by atoms with van der Waals surface area (Å²) in [4.78, 5) is 2.21. The molecular weight excluding hydrogens is 257 g/mol. The summed E-state index contributed by atoms with van der Waals surface area (Å²) in [5.74, 6) is 0. The van der Waals surface area contributed by atoms with Crippen molar-refractivity contribution in [3.63, 3.8) is 0 Å². The number of hydrogen-bond acceptors (Lipinski definition) is 3. The molecule has 2 N–H and O–H groups in total. The molecule has 1 aromatic rings. The van der Waals surface area contributed by atoms with Gasteiger partial charge in [-0.05, 0) is 37.4 Å². The zero-order valence-corrected chi connectivity index (χ0v) is 10.6. The van der Waals surface area contributed by atoms with Crippen molar-refractivity contribution in [1.29, 1.82) is 0 Å². The van der Waals surface area contributed by atoms with Gasteiger partial charge in [-0.2, -0.15) is 18.3 Å². The van der Waals surface area contributed by atoms with Gasteiger partial charge in [0.25, 0.3) is 0 Å². The van der Waals surface area contributed by atoms with Crippen LogP contribution < -0.4 is 5.32 Å². The predicted octanol–water partition coefficient (Wildman–Crippen LogP) is 1.61. The Hall–Kier alpha value is -1.08. The Morgan fingerprint density at radius 2 is 2.21 bits per heavy atom. The second kappa shape index (κ2) is 4.49. The van der Waals surface area contributed by atoms with E-state index in [-0.39, 0.29) is 0 Å². The highest BCUT2D eigenvalue weighted by atomic mass is 19.4. The van der Waals surface area contributed by atoms with Crippen molar-refractivity contribution >= 4 is 0 Å². The Kier molecular flexibility index (Phi) is 3.05. The van der Waals surface area contributed by atoms with Gasteiger partial charge >= 0.3 is 6.18 Å². The minimum atomic E-state index is -4.36. The van der Waals surface area contributed by atoms with Crippen LogP contribution in [0.3, 0.4) is 0 Å². The van der Waals surface area contributed by atoms with E-state index in [1.807, 2.05) is 0 Å². The topological polar surface area (TPSA) is 44.0 Å². The summed E-state index contributed by atoms with van der Waals surface area (Å²) in [6.45, 7) is 4.50. The highest BCUT2D eigenvalue weighted by Crippen LogP contribution is 2.36. The van der Waals surface area contributed by atoms with Gasteiger partial charge in [0, 0.05) is 25.3 Å². The molecule has 1 aromatic heterocycles. The smallest absolute Gasteiger partial charge is 0.316 e. The zero-order valence-electron chi connectivity index (χ0n) is 10.6. The molecule has 1 spiro atoms. The Morgan fingerprint density at radius 1 is 1.37 bits per heavy atom. The van der Waals surface area contributed by atoms with E-state index >= 15 is 0 Å². The maximum atomic E-state index is 12.5.